The van der Waals surface area contributed by atoms with Gasteiger partial charge in [-0.2, -0.15) is 5.26 Å². The number of benzene rings is 7. The van der Waals surface area contributed by atoms with E-state index in [-0.39, 0.29) is 0 Å². The second-order valence-electron chi connectivity index (χ2n) is 13.1. The number of nitrogens with zero attached hydrogens (tertiary/aromatic N) is 7. The summed E-state index contributed by atoms with van der Waals surface area (Å²) in [5, 5.41) is 9.60. The van der Waals surface area contributed by atoms with Crippen LogP contribution in [0.3, 0.4) is 0 Å². The molecule has 7 aromatic carbocycles. The SMILES string of the molecule is N#Cc1cccc(-c2nc(-c3ccc(-c4ccccc4)cc3)nc(-c3ccc(-c4cccc(-c5nc(-c6ccccc6)nc(-c6ccccc6)n5)c4)cc3)n2)c1. The lowest BCUT2D eigenvalue weighted by atomic mass is 10.0. The smallest absolute Gasteiger partial charge is 0.164 e. The van der Waals surface area contributed by atoms with Crippen LogP contribution in [0.1, 0.15) is 5.56 Å². The van der Waals surface area contributed by atoms with Gasteiger partial charge >= 0.3 is 0 Å². The van der Waals surface area contributed by atoms with Crippen molar-refractivity contribution in [3.05, 3.63) is 194 Å². The van der Waals surface area contributed by atoms with Crippen molar-refractivity contribution in [2.45, 2.75) is 0 Å². The zero-order valence-electron chi connectivity index (χ0n) is 30.0. The van der Waals surface area contributed by atoms with Crippen molar-refractivity contribution >= 4 is 0 Å². The molecule has 7 nitrogen and oxygen atoms in total. The maximum atomic E-state index is 9.60. The molecule has 0 spiro atoms. The normalized spacial score (nSPS) is 10.8. The van der Waals surface area contributed by atoms with Gasteiger partial charge in [-0.05, 0) is 40.5 Å². The van der Waals surface area contributed by atoms with Gasteiger partial charge in [-0.1, -0.05) is 170 Å². The van der Waals surface area contributed by atoms with Crippen LogP contribution in [-0.4, -0.2) is 29.9 Å². The Balaban J connectivity index is 1.07. The van der Waals surface area contributed by atoms with E-state index in [1.807, 2.05) is 127 Å². The van der Waals surface area contributed by atoms with Gasteiger partial charge in [-0.15, -0.1) is 0 Å². The van der Waals surface area contributed by atoms with E-state index in [9.17, 15) is 5.26 Å². The maximum absolute atomic E-state index is 9.60. The Kier molecular flexibility index (Phi) is 9.18. The summed E-state index contributed by atoms with van der Waals surface area (Å²) in [6.45, 7) is 0. The van der Waals surface area contributed by atoms with Crippen molar-refractivity contribution in [3.63, 3.8) is 0 Å². The van der Waals surface area contributed by atoms with Crippen LogP contribution >= 0.6 is 0 Å². The van der Waals surface area contributed by atoms with Crippen molar-refractivity contribution in [3.8, 4) is 96.7 Å². The predicted molar refractivity (Wildman–Crippen MR) is 221 cm³/mol. The van der Waals surface area contributed by atoms with Crippen LogP contribution in [0.25, 0.3) is 90.6 Å². The Morgan fingerprint density at radius 2 is 0.536 bits per heavy atom. The van der Waals surface area contributed by atoms with Gasteiger partial charge in [-0.3, -0.25) is 0 Å². The largest absolute Gasteiger partial charge is 0.208 e. The quantitative estimate of drug-likeness (QED) is 0.154. The summed E-state index contributed by atoms with van der Waals surface area (Å²) in [6, 6.07) is 64.4. The zero-order valence-corrected chi connectivity index (χ0v) is 30.0. The van der Waals surface area contributed by atoms with Crippen LogP contribution in [0.5, 0.6) is 0 Å². The lowest BCUT2D eigenvalue weighted by Gasteiger charge is -2.11. The summed E-state index contributed by atoms with van der Waals surface area (Å²) in [6.07, 6.45) is 0. The van der Waals surface area contributed by atoms with Crippen LogP contribution < -0.4 is 0 Å². The standard InChI is InChI=1S/C49H31N7/c50-32-33-12-10-20-42(30-33)48-55-46(39-26-22-35(23-27-39)34-13-4-1-5-14-34)52-47(56-48)40-28-24-36(25-29-40)41-19-11-21-43(31-41)49-53-44(37-15-6-2-7-16-37)51-45(54-49)38-17-8-3-9-18-38/h1-31H. The summed E-state index contributed by atoms with van der Waals surface area (Å²) in [5.41, 5.74) is 9.98. The first-order valence-electron chi connectivity index (χ1n) is 18.2. The first kappa shape index (κ1) is 33.9. The van der Waals surface area contributed by atoms with E-state index in [4.69, 9.17) is 29.9 Å². The molecule has 0 atom stereocenters. The molecule has 0 saturated heterocycles. The third kappa shape index (κ3) is 7.19. The number of hydrogen-bond donors (Lipinski definition) is 0. The van der Waals surface area contributed by atoms with Crippen molar-refractivity contribution < 1.29 is 0 Å². The minimum atomic E-state index is 0.494. The summed E-state index contributed by atoms with van der Waals surface area (Å²) < 4.78 is 0. The van der Waals surface area contributed by atoms with Crippen molar-refractivity contribution in [1.82, 2.24) is 29.9 Å². The molecule has 2 heterocycles. The Morgan fingerprint density at radius 1 is 0.250 bits per heavy atom. The molecule has 9 aromatic rings. The molecule has 0 N–H and O–H groups in total. The van der Waals surface area contributed by atoms with Crippen LogP contribution in [0.2, 0.25) is 0 Å². The third-order valence-corrected chi connectivity index (χ3v) is 9.43. The Labute approximate surface area is 324 Å². The van der Waals surface area contributed by atoms with Gasteiger partial charge in [-0.25, -0.2) is 29.9 Å². The van der Waals surface area contributed by atoms with Crippen LogP contribution in [-0.2, 0) is 0 Å². The number of nitriles is 1. The molecule has 2 aromatic heterocycles. The van der Waals surface area contributed by atoms with Gasteiger partial charge in [0.25, 0.3) is 0 Å². The lowest BCUT2D eigenvalue weighted by molar-refractivity contribution is 1.07. The highest BCUT2D eigenvalue weighted by Crippen LogP contribution is 2.31. The Bertz CT molecular complexity index is 2780. The monoisotopic (exact) mass is 717 g/mol. The number of rotatable bonds is 8. The van der Waals surface area contributed by atoms with Gasteiger partial charge < -0.3 is 0 Å². The highest BCUT2D eigenvalue weighted by atomic mass is 15.0. The molecular weight excluding hydrogens is 687 g/mol. The van der Waals surface area contributed by atoms with E-state index in [0.29, 0.717) is 40.5 Å². The molecule has 0 amide bonds. The van der Waals surface area contributed by atoms with E-state index < -0.39 is 0 Å². The Morgan fingerprint density at radius 3 is 0.982 bits per heavy atom. The summed E-state index contributed by atoms with van der Waals surface area (Å²) >= 11 is 0. The molecular formula is C49H31N7. The van der Waals surface area contributed by atoms with Crippen LogP contribution in [0.4, 0.5) is 0 Å². The molecule has 9 rings (SSSR count). The third-order valence-electron chi connectivity index (χ3n) is 9.43. The minimum absolute atomic E-state index is 0.494. The Hall–Kier alpha value is -7.95. The van der Waals surface area contributed by atoms with E-state index in [1.165, 1.54) is 0 Å². The molecule has 0 saturated carbocycles. The highest BCUT2D eigenvalue weighted by Gasteiger charge is 2.15. The average molecular weight is 718 g/mol. The fourth-order valence-corrected chi connectivity index (χ4v) is 6.52. The number of hydrogen-bond acceptors (Lipinski definition) is 7. The molecule has 56 heavy (non-hydrogen) atoms. The van der Waals surface area contributed by atoms with Crippen LogP contribution in [0, 0.1) is 11.3 Å². The van der Waals surface area contributed by atoms with Gasteiger partial charge in [0.1, 0.15) is 0 Å². The fraction of sp³-hybridized carbons (Fsp3) is 0. The molecule has 0 radical (unpaired) electrons. The molecule has 262 valence electrons. The van der Waals surface area contributed by atoms with E-state index >= 15 is 0 Å². The van der Waals surface area contributed by atoms with E-state index in [1.54, 1.807) is 12.1 Å². The molecule has 0 aliphatic carbocycles. The molecule has 7 heteroatoms. The van der Waals surface area contributed by atoms with Crippen molar-refractivity contribution in [2.24, 2.45) is 0 Å². The fourth-order valence-electron chi connectivity index (χ4n) is 6.52. The second-order valence-corrected chi connectivity index (χ2v) is 13.1. The van der Waals surface area contributed by atoms with Gasteiger partial charge in [0.05, 0.1) is 11.6 Å². The summed E-state index contributed by atoms with van der Waals surface area (Å²) in [7, 11) is 0. The molecule has 0 unspecified atom stereocenters. The highest BCUT2D eigenvalue weighted by molar-refractivity contribution is 5.75. The second kappa shape index (κ2) is 15.2. The predicted octanol–water partition coefficient (Wildman–Crippen LogP) is 11.3. The summed E-state index contributed by atoms with van der Waals surface area (Å²) in [5.74, 6) is 3.41. The first-order chi connectivity index (χ1) is 27.7. The number of aromatic nitrogens is 6. The van der Waals surface area contributed by atoms with Gasteiger partial charge in [0, 0.05) is 33.4 Å². The van der Waals surface area contributed by atoms with Gasteiger partial charge in [0.15, 0.2) is 34.9 Å². The molecule has 0 aliphatic rings. The molecule has 0 aliphatic heterocycles. The average Bonchev–Trinajstić information content (AvgIpc) is 3.30. The van der Waals surface area contributed by atoms with Crippen molar-refractivity contribution in [2.75, 3.05) is 0 Å². The van der Waals surface area contributed by atoms with Crippen molar-refractivity contribution in [1.29, 1.82) is 5.26 Å². The lowest BCUT2D eigenvalue weighted by Crippen LogP contribution is -2.00. The topological polar surface area (TPSA) is 101 Å². The first-order valence-corrected chi connectivity index (χ1v) is 18.2. The molecule has 0 fully saturated rings. The molecule has 0 bridgehead atoms. The van der Waals surface area contributed by atoms with E-state index in [2.05, 4.69) is 54.6 Å². The minimum Gasteiger partial charge on any atom is -0.208 e. The van der Waals surface area contributed by atoms with Gasteiger partial charge in [0.2, 0.25) is 0 Å². The summed E-state index contributed by atoms with van der Waals surface area (Å²) in [4.78, 5) is 29.4. The van der Waals surface area contributed by atoms with Crippen LogP contribution in [0.15, 0.2) is 188 Å². The maximum Gasteiger partial charge on any atom is 0.164 e. The zero-order chi connectivity index (χ0) is 37.7. The van der Waals surface area contributed by atoms with E-state index in [0.717, 1.165) is 55.6 Å².